The summed E-state index contributed by atoms with van der Waals surface area (Å²) < 4.78 is 7.81. The van der Waals surface area contributed by atoms with Crippen molar-refractivity contribution >= 4 is 5.96 Å². The first-order valence-electron chi connectivity index (χ1n) is 10.8. The Labute approximate surface area is 174 Å². The molecule has 0 amide bonds. The molecule has 29 heavy (non-hydrogen) atoms. The zero-order valence-corrected chi connectivity index (χ0v) is 17.9. The third kappa shape index (κ3) is 6.29. The van der Waals surface area contributed by atoms with Gasteiger partial charge in [-0.15, -0.1) is 10.2 Å². The van der Waals surface area contributed by atoms with E-state index >= 15 is 0 Å². The number of rotatable bonds is 9. The van der Waals surface area contributed by atoms with E-state index < -0.39 is 0 Å². The van der Waals surface area contributed by atoms with Crippen LogP contribution in [0.5, 0.6) is 0 Å². The van der Waals surface area contributed by atoms with E-state index in [1.807, 2.05) is 0 Å². The van der Waals surface area contributed by atoms with Crippen LogP contribution in [0, 0.1) is 0 Å². The molecule has 0 aliphatic carbocycles. The fourth-order valence-corrected chi connectivity index (χ4v) is 3.50. The maximum atomic E-state index is 5.73. The van der Waals surface area contributed by atoms with Crippen molar-refractivity contribution in [2.45, 2.75) is 65.1 Å². The molecule has 0 spiro atoms. The van der Waals surface area contributed by atoms with Crippen LogP contribution in [0.4, 0.5) is 0 Å². The molecule has 1 saturated heterocycles. The second kappa shape index (κ2) is 11.0. The van der Waals surface area contributed by atoms with Crippen LogP contribution in [-0.4, -0.2) is 46.5 Å². The van der Waals surface area contributed by atoms with E-state index in [1.165, 1.54) is 11.1 Å². The van der Waals surface area contributed by atoms with Gasteiger partial charge in [-0.1, -0.05) is 38.1 Å². The monoisotopic (exact) mass is 398 g/mol. The lowest BCUT2D eigenvalue weighted by Gasteiger charge is -2.20. The maximum absolute atomic E-state index is 5.73. The number of hydrogen-bond donors (Lipinski definition) is 2. The fraction of sp³-hybridized carbons (Fsp3) is 0.591. The Morgan fingerprint density at radius 1 is 1.28 bits per heavy atom. The lowest BCUT2D eigenvalue weighted by atomic mass is 10.1. The quantitative estimate of drug-likeness (QED) is 0.502. The minimum absolute atomic E-state index is 0.165. The summed E-state index contributed by atoms with van der Waals surface area (Å²) in [7, 11) is 0. The number of hydrogen-bond acceptors (Lipinski definition) is 4. The van der Waals surface area contributed by atoms with Crippen molar-refractivity contribution in [1.29, 1.82) is 0 Å². The molecule has 2 heterocycles. The van der Waals surface area contributed by atoms with Crippen molar-refractivity contribution in [3.63, 3.8) is 0 Å². The van der Waals surface area contributed by atoms with Crippen LogP contribution in [0.15, 0.2) is 35.6 Å². The molecule has 2 atom stereocenters. The van der Waals surface area contributed by atoms with Crippen molar-refractivity contribution in [1.82, 2.24) is 25.4 Å². The average molecular weight is 399 g/mol. The Balaban J connectivity index is 1.60. The summed E-state index contributed by atoms with van der Waals surface area (Å²) in [6.07, 6.45) is 6.17. The normalized spacial score (nSPS) is 18.0. The number of aryl methyl sites for hydroxylation is 2. The highest BCUT2D eigenvalue weighted by Gasteiger charge is 2.16. The molecule has 1 fully saturated rings. The van der Waals surface area contributed by atoms with Gasteiger partial charge in [0.2, 0.25) is 0 Å². The zero-order valence-electron chi connectivity index (χ0n) is 17.9. The van der Waals surface area contributed by atoms with E-state index in [2.05, 4.69) is 70.4 Å². The van der Waals surface area contributed by atoms with Crippen LogP contribution in [0.25, 0.3) is 0 Å². The van der Waals surface area contributed by atoms with E-state index in [-0.39, 0.29) is 12.1 Å². The predicted octanol–water partition coefficient (Wildman–Crippen LogP) is 2.88. The number of nitrogens with zero attached hydrogens (tertiary/aromatic N) is 4. The summed E-state index contributed by atoms with van der Waals surface area (Å²) in [5, 5.41) is 15.2. The highest BCUT2D eigenvalue weighted by Crippen LogP contribution is 2.14. The third-order valence-corrected chi connectivity index (χ3v) is 5.38. The Morgan fingerprint density at radius 3 is 2.79 bits per heavy atom. The largest absolute Gasteiger partial charge is 0.376 e. The number of benzene rings is 1. The minimum Gasteiger partial charge on any atom is -0.376 e. The molecule has 1 aromatic heterocycles. The lowest BCUT2D eigenvalue weighted by Crippen LogP contribution is -2.40. The molecule has 158 valence electrons. The zero-order chi connectivity index (χ0) is 20.5. The Hall–Kier alpha value is -2.41. The number of aliphatic imine (C=N–C) groups is 1. The molecule has 0 bridgehead atoms. The van der Waals surface area contributed by atoms with E-state index in [4.69, 9.17) is 9.73 Å². The summed E-state index contributed by atoms with van der Waals surface area (Å²) in [5.41, 5.74) is 2.60. The van der Waals surface area contributed by atoms with Gasteiger partial charge in [-0.3, -0.25) is 4.99 Å². The summed E-state index contributed by atoms with van der Waals surface area (Å²) in [5.74, 6) is 1.82. The SMILES string of the molecule is CCc1ccc(C(C)NC(=NCC2CCCO2)NCCn2cnnc2CC)cc1. The molecule has 2 unspecified atom stereocenters. The molecule has 0 radical (unpaired) electrons. The van der Waals surface area contributed by atoms with Gasteiger partial charge in [0.15, 0.2) is 5.96 Å². The maximum Gasteiger partial charge on any atom is 0.191 e. The molecule has 3 rings (SSSR count). The number of nitrogens with one attached hydrogen (secondary N) is 2. The molecular formula is C22H34N6O. The van der Waals surface area contributed by atoms with Gasteiger partial charge in [0, 0.05) is 26.1 Å². The Bertz CT molecular complexity index is 764. The van der Waals surface area contributed by atoms with Crippen molar-refractivity contribution in [2.24, 2.45) is 4.99 Å². The second-order valence-corrected chi connectivity index (χ2v) is 7.51. The van der Waals surface area contributed by atoms with Gasteiger partial charge in [0.1, 0.15) is 12.2 Å². The first-order valence-corrected chi connectivity index (χ1v) is 10.8. The molecule has 1 aliphatic rings. The molecule has 1 aliphatic heterocycles. The predicted molar refractivity (Wildman–Crippen MR) is 116 cm³/mol. The van der Waals surface area contributed by atoms with Crippen LogP contribution < -0.4 is 10.6 Å². The Kier molecular flexibility index (Phi) is 8.04. The smallest absolute Gasteiger partial charge is 0.191 e. The summed E-state index contributed by atoms with van der Waals surface area (Å²) in [6, 6.07) is 8.95. The van der Waals surface area contributed by atoms with Gasteiger partial charge in [-0.05, 0) is 37.3 Å². The number of aromatic nitrogens is 3. The third-order valence-electron chi connectivity index (χ3n) is 5.38. The highest BCUT2D eigenvalue weighted by atomic mass is 16.5. The lowest BCUT2D eigenvalue weighted by molar-refractivity contribution is 0.117. The van der Waals surface area contributed by atoms with Gasteiger partial charge in [-0.2, -0.15) is 0 Å². The molecule has 7 nitrogen and oxygen atoms in total. The first kappa shape index (κ1) is 21.3. The Morgan fingerprint density at radius 2 is 2.10 bits per heavy atom. The molecule has 0 saturated carbocycles. The van der Waals surface area contributed by atoms with E-state index in [1.54, 1.807) is 6.33 Å². The standard InChI is InChI=1S/C22H34N6O/c1-4-18-8-10-19(11-9-18)17(3)26-22(24-15-20-7-6-14-29-20)23-12-13-28-16-25-27-21(28)5-2/h8-11,16-17,20H,4-7,12-15H2,1-3H3,(H2,23,24,26). The summed E-state index contributed by atoms with van der Waals surface area (Å²) >= 11 is 0. The van der Waals surface area contributed by atoms with Gasteiger partial charge < -0.3 is 19.9 Å². The van der Waals surface area contributed by atoms with Gasteiger partial charge in [-0.25, -0.2) is 0 Å². The van der Waals surface area contributed by atoms with Crippen molar-refractivity contribution < 1.29 is 4.74 Å². The van der Waals surface area contributed by atoms with Crippen molar-refractivity contribution in [3.8, 4) is 0 Å². The van der Waals surface area contributed by atoms with Crippen molar-refractivity contribution in [2.75, 3.05) is 19.7 Å². The summed E-state index contributed by atoms with van der Waals surface area (Å²) in [6.45, 7) is 9.53. The average Bonchev–Trinajstić information content (AvgIpc) is 3.43. The van der Waals surface area contributed by atoms with Crippen LogP contribution in [-0.2, 0) is 24.1 Å². The van der Waals surface area contributed by atoms with Gasteiger partial charge in [0.25, 0.3) is 0 Å². The molecule has 7 heteroatoms. The van der Waals surface area contributed by atoms with Crippen LogP contribution in [0.3, 0.4) is 0 Å². The first-order chi connectivity index (χ1) is 14.2. The van der Waals surface area contributed by atoms with E-state index in [9.17, 15) is 0 Å². The molecular weight excluding hydrogens is 364 g/mol. The fourth-order valence-electron chi connectivity index (χ4n) is 3.50. The highest BCUT2D eigenvalue weighted by molar-refractivity contribution is 5.80. The number of guanidine groups is 1. The van der Waals surface area contributed by atoms with E-state index in [0.29, 0.717) is 6.54 Å². The van der Waals surface area contributed by atoms with Crippen LogP contribution in [0.1, 0.15) is 56.6 Å². The second-order valence-electron chi connectivity index (χ2n) is 7.51. The molecule has 1 aromatic carbocycles. The van der Waals surface area contributed by atoms with E-state index in [0.717, 1.165) is 57.2 Å². The summed E-state index contributed by atoms with van der Waals surface area (Å²) in [4.78, 5) is 4.80. The minimum atomic E-state index is 0.165. The molecule has 2 aromatic rings. The molecule has 2 N–H and O–H groups in total. The van der Waals surface area contributed by atoms with Crippen molar-refractivity contribution in [3.05, 3.63) is 47.5 Å². The number of ether oxygens (including phenoxy) is 1. The van der Waals surface area contributed by atoms with Gasteiger partial charge in [0.05, 0.1) is 18.7 Å². The van der Waals surface area contributed by atoms with Gasteiger partial charge >= 0.3 is 0 Å². The van der Waals surface area contributed by atoms with Crippen LogP contribution in [0.2, 0.25) is 0 Å². The van der Waals surface area contributed by atoms with Crippen LogP contribution >= 0.6 is 0 Å². The topological polar surface area (TPSA) is 76.4 Å².